The summed E-state index contributed by atoms with van der Waals surface area (Å²) in [6.07, 6.45) is 6.76. The quantitative estimate of drug-likeness (QED) is 0.686. The first-order valence-electron chi connectivity index (χ1n) is 10.6. The predicted octanol–water partition coefficient (Wildman–Crippen LogP) is 3.58. The number of rotatable bonds is 4. The van der Waals surface area contributed by atoms with Gasteiger partial charge >= 0.3 is 0 Å². The SMILES string of the molecule is N#Cc1c(N2CCC(c3ccccc3)CC2)ccn2c(CN3CCCC3)nnc12. The van der Waals surface area contributed by atoms with E-state index in [1.807, 2.05) is 10.6 Å². The van der Waals surface area contributed by atoms with Crippen molar-refractivity contribution in [2.45, 2.75) is 38.1 Å². The predicted molar refractivity (Wildman–Crippen MR) is 113 cm³/mol. The Hall–Kier alpha value is -2.91. The molecule has 2 aliphatic rings. The van der Waals surface area contributed by atoms with Crippen LogP contribution in [0.25, 0.3) is 5.65 Å². The molecule has 2 saturated heterocycles. The van der Waals surface area contributed by atoms with Gasteiger partial charge < -0.3 is 4.90 Å². The van der Waals surface area contributed by atoms with Crippen LogP contribution in [0.2, 0.25) is 0 Å². The number of fused-ring (bicyclic) bond motifs is 1. The molecule has 3 aromatic rings. The van der Waals surface area contributed by atoms with E-state index in [2.05, 4.69) is 62.5 Å². The lowest BCUT2D eigenvalue weighted by Gasteiger charge is -2.34. The minimum absolute atomic E-state index is 0.599. The van der Waals surface area contributed by atoms with Crippen LogP contribution >= 0.6 is 0 Å². The molecular weight excluding hydrogens is 360 g/mol. The van der Waals surface area contributed by atoms with E-state index in [-0.39, 0.29) is 0 Å². The van der Waals surface area contributed by atoms with E-state index in [1.54, 1.807) is 0 Å². The lowest BCUT2D eigenvalue weighted by Crippen LogP contribution is -2.33. The summed E-state index contributed by atoms with van der Waals surface area (Å²) in [5, 5.41) is 18.7. The van der Waals surface area contributed by atoms with Crippen LogP contribution in [0, 0.1) is 11.3 Å². The smallest absolute Gasteiger partial charge is 0.180 e. The van der Waals surface area contributed by atoms with Gasteiger partial charge in [0.05, 0.1) is 12.2 Å². The largest absolute Gasteiger partial charge is 0.370 e. The maximum Gasteiger partial charge on any atom is 0.180 e. The molecule has 29 heavy (non-hydrogen) atoms. The summed E-state index contributed by atoms with van der Waals surface area (Å²) in [4.78, 5) is 4.75. The maximum atomic E-state index is 9.90. The molecule has 6 nitrogen and oxygen atoms in total. The van der Waals surface area contributed by atoms with Gasteiger partial charge in [-0.05, 0) is 56.3 Å². The summed E-state index contributed by atoms with van der Waals surface area (Å²) < 4.78 is 2.00. The van der Waals surface area contributed by atoms with E-state index in [9.17, 15) is 5.26 Å². The van der Waals surface area contributed by atoms with Crippen molar-refractivity contribution < 1.29 is 0 Å². The van der Waals surface area contributed by atoms with Crippen LogP contribution in [-0.2, 0) is 6.54 Å². The van der Waals surface area contributed by atoms with Gasteiger partial charge in [0.25, 0.3) is 0 Å². The Labute approximate surface area is 171 Å². The second kappa shape index (κ2) is 7.84. The Balaban J connectivity index is 1.37. The number of nitriles is 1. The van der Waals surface area contributed by atoms with Gasteiger partial charge in [0, 0.05) is 19.3 Å². The Bertz CT molecular complexity index is 1020. The van der Waals surface area contributed by atoms with Gasteiger partial charge in [0.1, 0.15) is 11.6 Å². The van der Waals surface area contributed by atoms with Crippen molar-refractivity contribution in [3.63, 3.8) is 0 Å². The highest BCUT2D eigenvalue weighted by Crippen LogP contribution is 2.32. The zero-order valence-electron chi connectivity index (χ0n) is 16.7. The highest BCUT2D eigenvalue weighted by molar-refractivity contribution is 5.71. The van der Waals surface area contributed by atoms with Gasteiger partial charge in [-0.25, -0.2) is 0 Å². The average molecular weight is 387 g/mol. The van der Waals surface area contributed by atoms with Gasteiger partial charge in [0.2, 0.25) is 0 Å². The Morgan fingerprint density at radius 3 is 2.45 bits per heavy atom. The zero-order chi connectivity index (χ0) is 19.6. The molecule has 0 amide bonds. The summed E-state index contributed by atoms with van der Waals surface area (Å²) in [7, 11) is 0. The maximum absolute atomic E-state index is 9.90. The number of nitrogens with zero attached hydrogens (tertiary/aromatic N) is 6. The molecule has 2 aliphatic heterocycles. The fraction of sp³-hybridized carbons (Fsp3) is 0.435. The lowest BCUT2D eigenvalue weighted by molar-refractivity contribution is 0.321. The van der Waals surface area contributed by atoms with Crippen molar-refractivity contribution in [2.75, 3.05) is 31.1 Å². The molecule has 0 unspecified atom stereocenters. The second-order valence-electron chi connectivity index (χ2n) is 8.15. The zero-order valence-corrected chi connectivity index (χ0v) is 16.7. The number of benzene rings is 1. The van der Waals surface area contributed by atoms with Crippen molar-refractivity contribution in [3.05, 3.63) is 59.5 Å². The molecule has 5 rings (SSSR count). The Morgan fingerprint density at radius 2 is 1.72 bits per heavy atom. The number of anilines is 1. The van der Waals surface area contributed by atoms with E-state index in [0.717, 1.165) is 57.1 Å². The summed E-state index contributed by atoms with van der Waals surface area (Å²) in [6.45, 7) is 4.95. The summed E-state index contributed by atoms with van der Waals surface area (Å²) >= 11 is 0. The van der Waals surface area contributed by atoms with Crippen molar-refractivity contribution in [2.24, 2.45) is 0 Å². The Kier molecular flexibility index (Phi) is 4.91. The number of hydrogen-bond acceptors (Lipinski definition) is 5. The van der Waals surface area contributed by atoms with Crippen LogP contribution in [0.5, 0.6) is 0 Å². The molecule has 4 heterocycles. The highest BCUT2D eigenvalue weighted by atomic mass is 15.3. The first-order chi connectivity index (χ1) is 14.3. The van der Waals surface area contributed by atoms with Crippen LogP contribution in [0.3, 0.4) is 0 Å². The van der Waals surface area contributed by atoms with Crippen LogP contribution < -0.4 is 4.90 Å². The molecule has 0 spiro atoms. The van der Waals surface area contributed by atoms with E-state index in [4.69, 9.17) is 0 Å². The van der Waals surface area contributed by atoms with E-state index in [0.29, 0.717) is 17.1 Å². The third kappa shape index (κ3) is 3.47. The minimum atomic E-state index is 0.599. The van der Waals surface area contributed by atoms with Crippen molar-refractivity contribution in [1.82, 2.24) is 19.5 Å². The van der Waals surface area contributed by atoms with Gasteiger partial charge in [-0.2, -0.15) is 5.26 Å². The molecule has 0 radical (unpaired) electrons. The molecule has 0 aliphatic carbocycles. The van der Waals surface area contributed by atoms with Gasteiger partial charge in [-0.15, -0.1) is 10.2 Å². The molecule has 0 saturated carbocycles. The van der Waals surface area contributed by atoms with Gasteiger partial charge in [-0.3, -0.25) is 9.30 Å². The molecule has 0 N–H and O–H groups in total. The first kappa shape index (κ1) is 18.1. The van der Waals surface area contributed by atoms with Crippen molar-refractivity contribution in [3.8, 4) is 6.07 Å². The minimum Gasteiger partial charge on any atom is -0.370 e. The standard InChI is InChI=1S/C23H26N6/c24-16-20-21(28-13-8-19(9-14-28)18-6-2-1-3-7-18)10-15-29-22(25-26-23(20)29)17-27-11-4-5-12-27/h1-3,6-7,10,15,19H,4-5,8-9,11-14,17H2. The normalized spacial score (nSPS) is 18.4. The van der Waals surface area contributed by atoms with Gasteiger partial charge in [-0.1, -0.05) is 30.3 Å². The average Bonchev–Trinajstić information content (AvgIpc) is 3.44. The summed E-state index contributed by atoms with van der Waals surface area (Å²) in [6, 6.07) is 15.2. The Morgan fingerprint density at radius 1 is 0.966 bits per heavy atom. The fourth-order valence-electron chi connectivity index (χ4n) is 4.79. The number of likely N-dealkylation sites (tertiary alicyclic amines) is 1. The van der Waals surface area contributed by atoms with E-state index >= 15 is 0 Å². The summed E-state index contributed by atoms with van der Waals surface area (Å²) in [5.41, 5.74) is 3.74. The van der Waals surface area contributed by atoms with E-state index in [1.165, 1.54) is 18.4 Å². The van der Waals surface area contributed by atoms with Crippen LogP contribution in [0.4, 0.5) is 5.69 Å². The summed E-state index contributed by atoms with van der Waals surface area (Å²) in [5.74, 6) is 1.52. The lowest BCUT2D eigenvalue weighted by atomic mass is 9.89. The van der Waals surface area contributed by atoms with Crippen LogP contribution in [0.1, 0.15) is 48.6 Å². The van der Waals surface area contributed by atoms with Crippen molar-refractivity contribution in [1.29, 1.82) is 5.26 Å². The number of pyridine rings is 1. The van der Waals surface area contributed by atoms with Crippen LogP contribution in [0.15, 0.2) is 42.6 Å². The van der Waals surface area contributed by atoms with E-state index < -0.39 is 0 Å². The molecule has 2 fully saturated rings. The number of hydrogen-bond donors (Lipinski definition) is 0. The van der Waals surface area contributed by atoms with Crippen LogP contribution in [-0.4, -0.2) is 45.7 Å². The first-order valence-corrected chi connectivity index (χ1v) is 10.6. The molecule has 2 aromatic heterocycles. The fourth-order valence-corrected chi connectivity index (χ4v) is 4.79. The molecule has 1 aromatic carbocycles. The number of piperidine rings is 1. The highest BCUT2D eigenvalue weighted by Gasteiger charge is 2.24. The third-order valence-electron chi connectivity index (χ3n) is 6.41. The third-order valence-corrected chi connectivity index (χ3v) is 6.41. The topological polar surface area (TPSA) is 60.5 Å². The second-order valence-corrected chi connectivity index (χ2v) is 8.15. The van der Waals surface area contributed by atoms with Crippen molar-refractivity contribution >= 4 is 11.3 Å². The molecule has 0 atom stereocenters. The monoisotopic (exact) mass is 386 g/mol. The molecule has 0 bridgehead atoms. The molecule has 148 valence electrons. The number of aromatic nitrogens is 3. The molecular formula is C23H26N6. The molecule has 6 heteroatoms. The van der Waals surface area contributed by atoms with Gasteiger partial charge in [0.15, 0.2) is 11.5 Å².